The van der Waals surface area contributed by atoms with Gasteiger partial charge in [-0.05, 0) is 69.2 Å². The zero-order chi connectivity index (χ0) is 16.2. The van der Waals surface area contributed by atoms with Crippen molar-refractivity contribution in [1.82, 2.24) is 4.90 Å². The predicted octanol–water partition coefficient (Wildman–Crippen LogP) is 4.17. The second-order valence-corrected chi connectivity index (χ2v) is 6.39. The summed E-state index contributed by atoms with van der Waals surface area (Å²) in [5, 5.41) is 9.26. The summed E-state index contributed by atoms with van der Waals surface area (Å²) in [4.78, 5) is 4.62. The Bertz CT molecular complexity index is 734. The van der Waals surface area contributed by atoms with Gasteiger partial charge in [-0.2, -0.15) is 5.26 Å². The maximum absolute atomic E-state index is 9.26. The third-order valence-electron chi connectivity index (χ3n) is 4.44. The number of rotatable bonds is 4. The Morgan fingerprint density at radius 3 is 2.46 bits per heavy atom. The summed E-state index contributed by atoms with van der Waals surface area (Å²) >= 11 is 0. The minimum Gasteiger partial charge on any atom is -0.341 e. The van der Waals surface area contributed by atoms with E-state index in [0.717, 1.165) is 37.9 Å². The summed E-state index contributed by atoms with van der Waals surface area (Å²) in [5.41, 5.74) is 5.96. The molecule has 24 heavy (non-hydrogen) atoms. The Hall–Kier alpha value is -2.02. The summed E-state index contributed by atoms with van der Waals surface area (Å²) in [6.07, 6.45) is 3.18. The van der Waals surface area contributed by atoms with Gasteiger partial charge in [-0.1, -0.05) is 24.3 Å². The van der Waals surface area contributed by atoms with Crippen LogP contribution in [0.5, 0.6) is 0 Å². The molecule has 0 radical (unpaired) electrons. The molecule has 0 aromatic heterocycles. The Kier molecular flexibility index (Phi) is 6.25. The molecule has 2 aromatic carbocycles. The first-order valence-electron chi connectivity index (χ1n) is 8.22. The average molecular weight is 342 g/mol. The quantitative estimate of drug-likeness (QED) is 0.836. The molecule has 0 saturated heterocycles. The van der Waals surface area contributed by atoms with Crippen molar-refractivity contribution in [1.29, 1.82) is 5.26 Å². The van der Waals surface area contributed by atoms with E-state index in [4.69, 9.17) is 0 Å². The molecule has 0 saturated carbocycles. The molecule has 0 aliphatic carbocycles. The van der Waals surface area contributed by atoms with Crippen LogP contribution in [0, 0.1) is 11.3 Å². The number of para-hydroxylation sites is 1. The first-order chi connectivity index (χ1) is 11.2. The molecule has 0 fully saturated rings. The molecule has 0 atom stereocenters. The minimum atomic E-state index is 0. The van der Waals surface area contributed by atoms with E-state index in [9.17, 15) is 5.26 Å². The molecule has 0 unspecified atom stereocenters. The Morgan fingerprint density at radius 2 is 1.75 bits per heavy atom. The van der Waals surface area contributed by atoms with Crippen LogP contribution in [0.25, 0.3) is 0 Å². The molecule has 0 amide bonds. The molecule has 4 heteroatoms. The molecule has 1 heterocycles. The van der Waals surface area contributed by atoms with Crippen molar-refractivity contribution in [2.45, 2.75) is 19.3 Å². The van der Waals surface area contributed by atoms with Gasteiger partial charge in [-0.15, -0.1) is 12.4 Å². The highest BCUT2D eigenvalue weighted by Crippen LogP contribution is 2.36. The van der Waals surface area contributed by atoms with Gasteiger partial charge in [0, 0.05) is 17.9 Å². The third kappa shape index (κ3) is 3.90. The van der Waals surface area contributed by atoms with E-state index in [1.165, 1.54) is 22.5 Å². The van der Waals surface area contributed by atoms with Crippen LogP contribution < -0.4 is 4.90 Å². The van der Waals surface area contributed by atoms with E-state index in [1.54, 1.807) is 0 Å². The zero-order valence-electron chi connectivity index (χ0n) is 14.3. The molecule has 1 aliphatic rings. The molecule has 1 aliphatic heterocycles. The molecule has 2 aromatic rings. The van der Waals surface area contributed by atoms with Gasteiger partial charge in [0.05, 0.1) is 11.6 Å². The number of anilines is 2. The lowest BCUT2D eigenvalue weighted by Crippen LogP contribution is -2.24. The lowest BCUT2D eigenvalue weighted by molar-refractivity contribution is 0.402. The fourth-order valence-corrected chi connectivity index (χ4v) is 3.27. The van der Waals surface area contributed by atoms with Crippen LogP contribution in [0.3, 0.4) is 0 Å². The van der Waals surface area contributed by atoms with E-state index in [1.807, 2.05) is 12.1 Å². The van der Waals surface area contributed by atoms with Gasteiger partial charge in [0.1, 0.15) is 0 Å². The number of halogens is 1. The van der Waals surface area contributed by atoms with Crippen molar-refractivity contribution in [3.8, 4) is 6.07 Å². The fraction of sp³-hybridized carbons (Fsp3) is 0.350. The van der Waals surface area contributed by atoms with Crippen molar-refractivity contribution in [3.63, 3.8) is 0 Å². The normalized spacial score (nSPS) is 12.7. The van der Waals surface area contributed by atoms with Crippen LogP contribution in [0.2, 0.25) is 0 Å². The maximum atomic E-state index is 9.26. The molecular formula is C20H24ClN3. The first kappa shape index (κ1) is 18.3. The molecule has 3 rings (SSSR count). The molecule has 126 valence electrons. The second-order valence-electron chi connectivity index (χ2n) is 6.39. The summed E-state index contributed by atoms with van der Waals surface area (Å²) in [5.74, 6) is 0. The van der Waals surface area contributed by atoms with Gasteiger partial charge in [-0.3, -0.25) is 0 Å². The highest BCUT2D eigenvalue weighted by molar-refractivity contribution is 5.85. The highest BCUT2D eigenvalue weighted by Gasteiger charge is 2.20. The lowest BCUT2D eigenvalue weighted by atomic mass is 10.0. The van der Waals surface area contributed by atoms with Crippen molar-refractivity contribution < 1.29 is 0 Å². The SMILES string of the molecule is CN(C)CCCN1c2ccccc2CCc2ccc(C#N)cc21.Cl. The van der Waals surface area contributed by atoms with Gasteiger partial charge in [0.2, 0.25) is 0 Å². The monoisotopic (exact) mass is 341 g/mol. The number of nitriles is 1. The standard InChI is InChI=1S/C20H23N3.ClH/c1-22(2)12-5-13-23-19-7-4-3-6-17(19)10-11-18-9-8-16(15-21)14-20(18)23;/h3-4,6-9,14H,5,10-13H2,1-2H3;1H. The fourth-order valence-electron chi connectivity index (χ4n) is 3.27. The average Bonchev–Trinajstić information content (AvgIpc) is 2.71. The van der Waals surface area contributed by atoms with Gasteiger partial charge < -0.3 is 9.80 Å². The van der Waals surface area contributed by atoms with Gasteiger partial charge in [0.15, 0.2) is 0 Å². The van der Waals surface area contributed by atoms with E-state index < -0.39 is 0 Å². The Balaban J connectivity index is 0.00000208. The van der Waals surface area contributed by atoms with Crippen molar-refractivity contribution in [3.05, 3.63) is 59.2 Å². The zero-order valence-corrected chi connectivity index (χ0v) is 15.1. The van der Waals surface area contributed by atoms with E-state index in [-0.39, 0.29) is 12.4 Å². The van der Waals surface area contributed by atoms with Crippen LogP contribution in [0.4, 0.5) is 11.4 Å². The van der Waals surface area contributed by atoms with Crippen molar-refractivity contribution in [2.24, 2.45) is 0 Å². The van der Waals surface area contributed by atoms with Crippen LogP contribution in [0.1, 0.15) is 23.1 Å². The van der Waals surface area contributed by atoms with Crippen LogP contribution in [-0.4, -0.2) is 32.1 Å². The summed E-state index contributed by atoms with van der Waals surface area (Å²) < 4.78 is 0. The van der Waals surface area contributed by atoms with Crippen LogP contribution >= 0.6 is 12.4 Å². The molecular weight excluding hydrogens is 318 g/mol. The minimum absolute atomic E-state index is 0. The first-order valence-corrected chi connectivity index (χ1v) is 8.22. The van der Waals surface area contributed by atoms with E-state index in [0.29, 0.717) is 0 Å². The number of hydrogen-bond donors (Lipinski definition) is 0. The number of fused-ring (bicyclic) bond motifs is 2. The molecule has 0 bridgehead atoms. The third-order valence-corrected chi connectivity index (χ3v) is 4.44. The van der Waals surface area contributed by atoms with E-state index in [2.05, 4.69) is 60.3 Å². The largest absolute Gasteiger partial charge is 0.341 e. The Labute approximate surface area is 150 Å². The van der Waals surface area contributed by atoms with E-state index >= 15 is 0 Å². The predicted molar refractivity (Wildman–Crippen MR) is 102 cm³/mol. The molecule has 3 nitrogen and oxygen atoms in total. The molecule has 0 spiro atoms. The number of hydrogen-bond acceptors (Lipinski definition) is 3. The van der Waals surface area contributed by atoms with Crippen molar-refractivity contribution in [2.75, 3.05) is 32.1 Å². The second kappa shape index (κ2) is 8.19. The van der Waals surface area contributed by atoms with Crippen LogP contribution in [-0.2, 0) is 12.8 Å². The van der Waals surface area contributed by atoms with Crippen LogP contribution in [0.15, 0.2) is 42.5 Å². The van der Waals surface area contributed by atoms with Crippen molar-refractivity contribution >= 4 is 23.8 Å². The van der Waals surface area contributed by atoms with Gasteiger partial charge >= 0.3 is 0 Å². The summed E-state index contributed by atoms with van der Waals surface area (Å²) in [6, 6.07) is 17.1. The Morgan fingerprint density at radius 1 is 1.04 bits per heavy atom. The topological polar surface area (TPSA) is 30.3 Å². The number of benzene rings is 2. The number of nitrogens with zero attached hydrogens (tertiary/aromatic N) is 3. The lowest BCUT2D eigenvalue weighted by Gasteiger charge is -2.27. The smallest absolute Gasteiger partial charge is 0.0992 e. The van der Waals surface area contributed by atoms with Gasteiger partial charge in [0.25, 0.3) is 0 Å². The summed E-state index contributed by atoms with van der Waals surface area (Å²) in [7, 11) is 4.22. The van der Waals surface area contributed by atoms with Gasteiger partial charge in [-0.25, -0.2) is 0 Å². The number of aryl methyl sites for hydroxylation is 2. The maximum Gasteiger partial charge on any atom is 0.0992 e. The molecule has 0 N–H and O–H groups in total. The highest BCUT2D eigenvalue weighted by atomic mass is 35.5. The summed E-state index contributed by atoms with van der Waals surface area (Å²) in [6.45, 7) is 2.03.